The largest absolute Gasteiger partial charge is 0.391 e. The van der Waals surface area contributed by atoms with E-state index in [2.05, 4.69) is 71.2 Å². The van der Waals surface area contributed by atoms with Crippen molar-refractivity contribution in [2.45, 2.75) is 6.42 Å². The highest BCUT2D eigenvalue weighted by atomic mass is 32.1. The molecule has 0 saturated heterocycles. The first-order valence-corrected chi connectivity index (χ1v) is 8.36. The fourth-order valence-electron chi connectivity index (χ4n) is 2.80. The highest BCUT2D eigenvalue weighted by molar-refractivity contribution is 7.85. The van der Waals surface area contributed by atoms with Crippen molar-refractivity contribution < 1.29 is 4.57 Å². The van der Waals surface area contributed by atoms with E-state index in [1.54, 1.807) is 0 Å². The fourth-order valence-corrected chi connectivity index (χ4v) is 2.90. The molecule has 1 N–H and O–H groups in total. The monoisotopic (exact) mass is 334 g/mol. The number of hydrogen-bond acceptors (Lipinski definition) is 2. The van der Waals surface area contributed by atoms with E-state index in [4.69, 9.17) is 0 Å². The Morgan fingerprint density at radius 3 is 2.46 bits per heavy atom. The molecule has 0 radical (unpaired) electrons. The van der Waals surface area contributed by atoms with Gasteiger partial charge >= 0.3 is 5.82 Å². The highest BCUT2D eigenvalue weighted by Gasteiger charge is 2.22. The van der Waals surface area contributed by atoms with Crippen LogP contribution in [-0.2, 0) is 7.05 Å². The van der Waals surface area contributed by atoms with E-state index >= 15 is 0 Å². The Morgan fingerprint density at radius 1 is 1.08 bits per heavy atom. The van der Waals surface area contributed by atoms with Crippen LogP contribution in [0.1, 0.15) is 6.42 Å². The first-order valence-electron chi connectivity index (χ1n) is 7.91. The zero-order valence-electron chi connectivity index (χ0n) is 13.6. The van der Waals surface area contributed by atoms with Crippen LogP contribution in [0.4, 0.5) is 0 Å². The summed E-state index contributed by atoms with van der Waals surface area (Å²) in [6.07, 6.45) is 5.32. The van der Waals surface area contributed by atoms with Gasteiger partial charge in [0.15, 0.2) is 11.0 Å². The minimum Gasteiger partial charge on any atom is -0.391 e. The predicted molar refractivity (Wildman–Crippen MR) is 102 cm³/mol. The first-order chi connectivity index (χ1) is 11.8. The quantitative estimate of drug-likeness (QED) is 0.397. The fraction of sp³-hybridized carbons (Fsp3) is 0.150. The molecule has 0 atom stereocenters. The van der Waals surface area contributed by atoms with Gasteiger partial charge in [-0.2, -0.15) is 0 Å². The summed E-state index contributed by atoms with van der Waals surface area (Å²) in [5.74, 6) is 1.06. The third kappa shape index (κ3) is 3.32. The SMILES string of the molecule is C1=CNCC1.C[n+]1c(-c2ccccc2)n(C#CS)c2ccccc21. The minimum absolute atomic E-state index is 1.06. The van der Waals surface area contributed by atoms with Gasteiger partial charge in [0, 0.05) is 11.8 Å². The molecule has 0 aliphatic carbocycles. The van der Waals surface area contributed by atoms with Gasteiger partial charge in [0.2, 0.25) is 0 Å². The standard InChI is InChI=1S/C16H12N2S.C4H7N/c1-17-14-9-5-6-10-15(14)18(11-12-19)16(17)13-7-3-2-4-8-13;1-2-4-5-3-1/h2-10H,1H3;1,3,5H,2,4H2/p+1. The van der Waals surface area contributed by atoms with Crippen LogP contribution < -0.4 is 9.88 Å². The molecule has 24 heavy (non-hydrogen) atoms. The van der Waals surface area contributed by atoms with Crippen molar-refractivity contribution in [3.8, 4) is 22.7 Å². The number of thiol groups is 1. The lowest BCUT2D eigenvalue weighted by Crippen LogP contribution is -2.29. The van der Waals surface area contributed by atoms with E-state index < -0.39 is 0 Å². The molecule has 0 spiro atoms. The van der Waals surface area contributed by atoms with Crippen molar-refractivity contribution in [3.63, 3.8) is 0 Å². The molecule has 1 aliphatic heterocycles. The van der Waals surface area contributed by atoms with Gasteiger partial charge in [-0.05, 0) is 36.9 Å². The predicted octanol–water partition coefficient (Wildman–Crippen LogP) is 3.32. The summed E-state index contributed by atoms with van der Waals surface area (Å²) in [5.41, 5.74) is 3.38. The number of imidazole rings is 1. The van der Waals surface area contributed by atoms with Gasteiger partial charge in [0.25, 0.3) is 0 Å². The molecule has 0 saturated carbocycles. The zero-order valence-corrected chi connectivity index (χ0v) is 14.5. The van der Waals surface area contributed by atoms with Gasteiger partial charge in [-0.25, -0.2) is 4.57 Å². The molecule has 4 rings (SSSR count). The van der Waals surface area contributed by atoms with Crippen LogP contribution in [0.3, 0.4) is 0 Å². The molecule has 0 bridgehead atoms. The lowest BCUT2D eigenvalue weighted by molar-refractivity contribution is -0.633. The van der Waals surface area contributed by atoms with Crippen LogP contribution in [0.2, 0.25) is 0 Å². The number of para-hydroxylation sites is 2. The van der Waals surface area contributed by atoms with E-state index in [1.807, 2.05) is 41.1 Å². The molecular formula is C20H20N3S+. The van der Waals surface area contributed by atoms with Crippen molar-refractivity contribution in [3.05, 3.63) is 66.9 Å². The number of rotatable bonds is 1. The van der Waals surface area contributed by atoms with Crippen molar-refractivity contribution in [1.82, 2.24) is 9.88 Å². The molecule has 0 unspecified atom stereocenters. The van der Waals surface area contributed by atoms with Crippen molar-refractivity contribution >= 4 is 23.7 Å². The first kappa shape index (κ1) is 16.2. The molecule has 2 aromatic carbocycles. The Morgan fingerprint density at radius 2 is 1.83 bits per heavy atom. The molecule has 0 amide bonds. The Kier molecular flexibility index (Phi) is 5.25. The van der Waals surface area contributed by atoms with Gasteiger partial charge in [0.05, 0.1) is 12.6 Å². The lowest BCUT2D eigenvalue weighted by Gasteiger charge is -1.96. The van der Waals surface area contributed by atoms with Crippen LogP contribution in [0.25, 0.3) is 22.4 Å². The number of benzene rings is 2. The summed E-state index contributed by atoms with van der Waals surface area (Å²) < 4.78 is 4.14. The zero-order chi connectivity index (χ0) is 16.8. The summed E-state index contributed by atoms with van der Waals surface area (Å²) in [6, 6.07) is 21.5. The average Bonchev–Trinajstić information content (AvgIpc) is 3.29. The molecule has 120 valence electrons. The van der Waals surface area contributed by atoms with Crippen molar-refractivity contribution in [1.29, 1.82) is 0 Å². The number of aromatic nitrogens is 2. The summed E-state index contributed by atoms with van der Waals surface area (Å²) >= 11 is 4.04. The molecular weight excluding hydrogens is 314 g/mol. The lowest BCUT2D eigenvalue weighted by atomic mass is 10.2. The van der Waals surface area contributed by atoms with Crippen LogP contribution in [0.15, 0.2) is 66.9 Å². The molecule has 3 aromatic rings. The second-order valence-electron chi connectivity index (χ2n) is 5.44. The summed E-state index contributed by atoms with van der Waals surface area (Å²) in [6.45, 7) is 1.14. The number of fused-ring (bicyclic) bond motifs is 1. The Hall–Kier alpha value is -2.64. The van der Waals surface area contributed by atoms with E-state index in [1.165, 1.54) is 6.42 Å². The van der Waals surface area contributed by atoms with Crippen LogP contribution in [-0.4, -0.2) is 11.1 Å². The maximum absolute atomic E-state index is 4.04. The molecule has 4 heteroatoms. The van der Waals surface area contributed by atoms with E-state index in [0.29, 0.717) is 0 Å². The molecule has 1 aromatic heterocycles. The van der Waals surface area contributed by atoms with Gasteiger partial charge < -0.3 is 5.32 Å². The third-order valence-corrected chi connectivity index (χ3v) is 4.00. The summed E-state index contributed by atoms with van der Waals surface area (Å²) in [4.78, 5) is 0. The van der Waals surface area contributed by atoms with Gasteiger partial charge in [-0.15, -0.1) is 4.57 Å². The maximum Gasteiger partial charge on any atom is 0.303 e. The Labute approximate surface area is 148 Å². The molecule has 3 nitrogen and oxygen atoms in total. The second-order valence-corrected chi connectivity index (χ2v) is 5.67. The van der Waals surface area contributed by atoms with Crippen LogP contribution in [0, 0.1) is 11.3 Å². The van der Waals surface area contributed by atoms with E-state index in [0.717, 1.165) is 29.0 Å². The highest BCUT2D eigenvalue weighted by Crippen LogP contribution is 2.21. The van der Waals surface area contributed by atoms with Gasteiger partial charge in [-0.1, -0.05) is 49.0 Å². The average molecular weight is 334 g/mol. The normalized spacial score (nSPS) is 12.1. The number of nitrogens with zero attached hydrogens (tertiary/aromatic N) is 2. The summed E-state index contributed by atoms with van der Waals surface area (Å²) in [7, 11) is 2.06. The van der Waals surface area contributed by atoms with Crippen LogP contribution >= 0.6 is 12.6 Å². The number of hydrogen-bond donors (Lipinski definition) is 2. The van der Waals surface area contributed by atoms with Crippen LogP contribution in [0.5, 0.6) is 0 Å². The molecule has 2 heterocycles. The van der Waals surface area contributed by atoms with Gasteiger partial charge in [-0.3, -0.25) is 0 Å². The van der Waals surface area contributed by atoms with Gasteiger partial charge in [0.1, 0.15) is 6.04 Å². The Bertz CT molecular complexity index is 908. The number of aryl methyl sites for hydroxylation is 1. The second kappa shape index (κ2) is 7.76. The molecule has 0 fully saturated rings. The number of nitrogens with one attached hydrogen (secondary N) is 1. The van der Waals surface area contributed by atoms with E-state index in [9.17, 15) is 0 Å². The smallest absolute Gasteiger partial charge is 0.303 e. The third-order valence-electron chi connectivity index (χ3n) is 3.90. The Balaban J connectivity index is 0.000000290. The van der Waals surface area contributed by atoms with E-state index in [-0.39, 0.29) is 0 Å². The summed E-state index contributed by atoms with van der Waals surface area (Å²) in [5, 5.41) is 5.74. The maximum atomic E-state index is 4.04. The van der Waals surface area contributed by atoms with Crippen molar-refractivity contribution in [2.24, 2.45) is 7.05 Å². The topological polar surface area (TPSA) is 20.8 Å². The van der Waals surface area contributed by atoms with Crippen molar-refractivity contribution in [2.75, 3.05) is 6.54 Å². The molecule has 1 aliphatic rings. The minimum atomic E-state index is 1.06.